The number of hydrogen-bond donors (Lipinski definition) is 1. The number of aliphatic hydroxyl groups is 1. The summed E-state index contributed by atoms with van der Waals surface area (Å²) < 4.78 is 41.2. The van der Waals surface area contributed by atoms with Gasteiger partial charge in [0.05, 0.1) is 12.0 Å². The fourth-order valence-electron chi connectivity index (χ4n) is 1.20. The van der Waals surface area contributed by atoms with E-state index in [1.54, 1.807) is 0 Å². The average Bonchev–Trinajstić information content (AvgIpc) is 2.25. The highest BCUT2D eigenvalue weighted by Gasteiger charge is 2.40. The van der Waals surface area contributed by atoms with Crippen molar-refractivity contribution in [3.05, 3.63) is 33.9 Å². The average molecular weight is 251 g/mol. The van der Waals surface area contributed by atoms with Crippen molar-refractivity contribution in [1.82, 2.24) is 0 Å². The van der Waals surface area contributed by atoms with Gasteiger partial charge in [0.15, 0.2) is 11.9 Å². The van der Waals surface area contributed by atoms with Gasteiger partial charge in [-0.15, -0.1) is 0 Å². The Hall–Kier alpha value is -1.83. The fraction of sp³-hybridized carbons (Fsp3) is 0.333. The van der Waals surface area contributed by atoms with Gasteiger partial charge in [-0.25, -0.2) is 0 Å². The van der Waals surface area contributed by atoms with Gasteiger partial charge in [-0.05, 0) is 17.7 Å². The van der Waals surface area contributed by atoms with Crippen molar-refractivity contribution >= 4 is 5.69 Å². The maximum absolute atomic E-state index is 12.2. The first-order valence-corrected chi connectivity index (χ1v) is 4.34. The van der Waals surface area contributed by atoms with E-state index in [2.05, 4.69) is 4.74 Å². The Morgan fingerprint density at radius 2 is 2.06 bits per heavy atom. The molecule has 0 heterocycles. The summed E-state index contributed by atoms with van der Waals surface area (Å²) >= 11 is 0. The molecule has 17 heavy (non-hydrogen) atoms. The summed E-state index contributed by atoms with van der Waals surface area (Å²) in [6, 6.07) is 2.47. The minimum Gasteiger partial charge on any atom is -0.490 e. The number of benzene rings is 1. The summed E-state index contributed by atoms with van der Waals surface area (Å²) in [4.78, 5) is 9.71. The molecule has 0 aliphatic rings. The van der Waals surface area contributed by atoms with Crippen molar-refractivity contribution in [2.24, 2.45) is 0 Å². The highest BCUT2D eigenvalue weighted by atomic mass is 19.4. The molecule has 0 spiro atoms. The fourth-order valence-corrected chi connectivity index (χ4v) is 1.20. The van der Waals surface area contributed by atoms with Gasteiger partial charge in [0.2, 0.25) is 0 Å². The summed E-state index contributed by atoms with van der Waals surface area (Å²) in [7, 11) is 1.09. The van der Waals surface area contributed by atoms with Crippen molar-refractivity contribution < 1.29 is 27.9 Å². The molecule has 0 unspecified atom stereocenters. The molecule has 1 aromatic rings. The van der Waals surface area contributed by atoms with E-state index in [0.717, 1.165) is 25.3 Å². The zero-order chi connectivity index (χ0) is 13.2. The Morgan fingerprint density at radius 1 is 1.47 bits per heavy atom. The maximum atomic E-state index is 12.2. The number of rotatable bonds is 3. The second-order valence-corrected chi connectivity index (χ2v) is 3.13. The largest absolute Gasteiger partial charge is 0.490 e. The number of nitro benzene ring substituents is 1. The van der Waals surface area contributed by atoms with Gasteiger partial charge in [-0.3, -0.25) is 10.1 Å². The minimum atomic E-state index is -4.83. The van der Waals surface area contributed by atoms with Crippen LogP contribution in [-0.4, -0.2) is 23.3 Å². The topological polar surface area (TPSA) is 72.6 Å². The van der Waals surface area contributed by atoms with Crippen molar-refractivity contribution in [2.75, 3.05) is 7.11 Å². The van der Waals surface area contributed by atoms with Crippen LogP contribution in [0.2, 0.25) is 0 Å². The molecule has 1 rings (SSSR count). The van der Waals surface area contributed by atoms with Gasteiger partial charge in [0, 0.05) is 6.07 Å². The van der Waals surface area contributed by atoms with Crippen LogP contribution in [0, 0.1) is 10.1 Å². The van der Waals surface area contributed by atoms with E-state index in [-0.39, 0.29) is 5.75 Å². The lowest BCUT2D eigenvalue weighted by Crippen LogP contribution is -2.20. The zero-order valence-corrected chi connectivity index (χ0v) is 8.56. The maximum Gasteiger partial charge on any atom is 0.418 e. The quantitative estimate of drug-likeness (QED) is 0.660. The van der Waals surface area contributed by atoms with Crippen molar-refractivity contribution in [1.29, 1.82) is 0 Å². The Bertz CT molecular complexity index is 433. The number of nitrogens with zero attached hydrogens (tertiary/aromatic N) is 1. The molecule has 1 N–H and O–H groups in total. The molecule has 0 bridgehead atoms. The lowest BCUT2D eigenvalue weighted by Gasteiger charge is -2.15. The Balaban J connectivity index is 3.18. The molecule has 0 aromatic heterocycles. The third-order valence-electron chi connectivity index (χ3n) is 2.03. The van der Waals surface area contributed by atoms with Crippen LogP contribution in [0.4, 0.5) is 18.9 Å². The smallest absolute Gasteiger partial charge is 0.418 e. The molecular formula is C9H8F3NO4. The van der Waals surface area contributed by atoms with Crippen LogP contribution in [0.1, 0.15) is 11.7 Å². The third kappa shape index (κ3) is 2.84. The summed E-state index contributed by atoms with van der Waals surface area (Å²) in [5.41, 5.74) is -0.981. The van der Waals surface area contributed by atoms with Gasteiger partial charge in [-0.1, -0.05) is 0 Å². The Labute approximate surface area is 93.6 Å². The second kappa shape index (κ2) is 4.58. The number of hydrogen-bond acceptors (Lipinski definition) is 4. The Kier molecular flexibility index (Phi) is 3.56. The number of methoxy groups -OCH3 is 1. The molecule has 0 aliphatic carbocycles. The van der Waals surface area contributed by atoms with Crippen LogP contribution in [-0.2, 0) is 0 Å². The van der Waals surface area contributed by atoms with Crippen molar-refractivity contribution in [3.63, 3.8) is 0 Å². The van der Waals surface area contributed by atoms with Gasteiger partial charge in [0.1, 0.15) is 0 Å². The number of alkyl halides is 3. The number of aliphatic hydroxyl groups excluding tert-OH is 1. The molecule has 0 fully saturated rings. The van der Waals surface area contributed by atoms with E-state index in [9.17, 15) is 23.3 Å². The molecule has 8 heteroatoms. The molecule has 5 nitrogen and oxygen atoms in total. The predicted octanol–water partition coefficient (Wildman–Crippen LogP) is 2.20. The van der Waals surface area contributed by atoms with Gasteiger partial charge in [-0.2, -0.15) is 13.2 Å². The van der Waals surface area contributed by atoms with E-state index in [1.807, 2.05) is 0 Å². The van der Waals surface area contributed by atoms with Crippen LogP contribution in [0.5, 0.6) is 5.75 Å². The van der Waals surface area contributed by atoms with Crippen LogP contribution >= 0.6 is 0 Å². The van der Waals surface area contributed by atoms with E-state index in [0.29, 0.717) is 0 Å². The monoisotopic (exact) mass is 251 g/mol. The highest BCUT2D eigenvalue weighted by molar-refractivity contribution is 5.49. The lowest BCUT2D eigenvalue weighted by atomic mass is 10.1. The number of ether oxygens (including phenoxy) is 1. The third-order valence-corrected chi connectivity index (χ3v) is 2.03. The van der Waals surface area contributed by atoms with Crippen molar-refractivity contribution in [2.45, 2.75) is 12.3 Å². The molecule has 1 aromatic carbocycles. The number of halogens is 3. The van der Waals surface area contributed by atoms with Crippen molar-refractivity contribution in [3.8, 4) is 5.75 Å². The van der Waals surface area contributed by atoms with Gasteiger partial charge >= 0.3 is 11.9 Å². The van der Waals surface area contributed by atoms with Crippen LogP contribution in [0.3, 0.4) is 0 Å². The molecule has 0 amide bonds. The highest BCUT2D eigenvalue weighted by Crippen LogP contribution is 2.36. The van der Waals surface area contributed by atoms with Gasteiger partial charge in [0.25, 0.3) is 0 Å². The zero-order valence-electron chi connectivity index (χ0n) is 8.56. The molecule has 0 saturated heterocycles. The molecule has 0 radical (unpaired) electrons. The van der Waals surface area contributed by atoms with Gasteiger partial charge < -0.3 is 9.84 Å². The summed E-state index contributed by atoms with van der Waals surface area (Å²) in [6.45, 7) is 0. The van der Waals surface area contributed by atoms with E-state index in [1.165, 1.54) is 0 Å². The van der Waals surface area contributed by atoms with E-state index < -0.39 is 28.5 Å². The first-order valence-electron chi connectivity index (χ1n) is 4.34. The van der Waals surface area contributed by atoms with Crippen LogP contribution in [0.25, 0.3) is 0 Å². The SMILES string of the molecule is COc1cc([C@@H](O)C(F)(F)F)ccc1[N+](=O)[O-]. The second-order valence-electron chi connectivity index (χ2n) is 3.13. The first kappa shape index (κ1) is 13.2. The van der Waals surface area contributed by atoms with Crippen LogP contribution < -0.4 is 4.74 Å². The molecule has 1 atom stereocenters. The number of nitro groups is 1. The molecule has 0 saturated carbocycles. The van der Waals surface area contributed by atoms with E-state index >= 15 is 0 Å². The summed E-state index contributed by atoms with van der Waals surface area (Å²) in [5, 5.41) is 19.5. The lowest BCUT2D eigenvalue weighted by molar-refractivity contribution is -0.385. The minimum absolute atomic E-state index is 0.337. The van der Waals surface area contributed by atoms with Crippen LogP contribution in [0.15, 0.2) is 18.2 Å². The summed E-state index contributed by atoms with van der Waals surface area (Å²) in [6.07, 6.45) is -7.53. The Morgan fingerprint density at radius 3 is 2.47 bits per heavy atom. The first-order chi connectivity index (χ1) is 7.77. The predicted molar refractivity (Wildman–Crippen MR) is 50.7 cm³/mol. The summed E-state index contributed by atoms with van der Waals surface area (Å²) in [5.74, 6) is -0.337. The van der Waals surface area contributed by atoms with E-state index in [4.69, 9.17) is 5.11 Å². The standard InChI is InChI=1S/C9H8F3NO4/c1-17-7-4-5(8(14)9(10,11)12)2-3-6(7)13(15)16/h2-4,8,14H,1H3/t8-/m1/s1. The normalized spacial score (nSPS) is 13.2. The molecule has 94 valence electrons. The molecule has 0 aliphatic heterocycles. The molecular weight excluding hydrogens is 243 g/mol.